The molecule has 0 aliphatic heterocycles. The van der Waals surface area contributed by atoms with Gasteiger partial charge in [0.25, 0.3) is 0 Å². The van der Waals surface area contributed by atoms with Crippen LogP contribution >= 0.6 is 0 Å². The molecular formula is C24H32N2O3S. The summed E-state index contributed by atoms with van der Waals surface area (Å²) in [7, 11) is -3.70. The summed E-state index contributed by atoms with van der Waals surface area (Å²) in [4.78, 5) is 0. The molecule has 0 saturated heterocycles. The van der Waals surface area contributed by atoms with Gasteiger partial charge in [-0.1, -0.05) is 74.5 Å². The number of aliphatic hydroxyl groups is 1. The predicted octanol–water partition coefficient (Wildman–Crippen LogP) is 3.53. The minimum absolute atomic E-state index is 0.0739. The van der Waals surface area contributed by atoms with E-state index in [1.807, 2.05) is 60.7 Å². The molecule has 2 fully saturated rings. The average molecular weight is 429 g/mol. The summed E-state index contributed by atoms with van der Waals surface area (Å²) in [6.07, 6.45) is 1.83. The van der Waals surface area contributed by atoms with Gasteiger partial charge in [0.05, 0.1) is 23.9 Å². The van der Waals surface area contributed by atoms with Crippen LogP contribution in [0.3, 0.4) is 0 Å². The van der Waals surface area contributed by atoms with Gasteiger partial charge in [-0.05, 0) is 41.7 Å². The van der Waals surface area contributed by atoms with Gasteiger partial charge in [-0.15, -0.1) is 0 Å². The molecule has 0 heterocycles. The van der Waals surface area contributed by atoms with Crippen molar-refractivity contribution in [3.05, 3.63) is 71.8 Å². The summed E-state index contributed by atoms with van der Waals surface area (Å²) < 4.78 is 29.8. The summed E-state index contributed by atoms with van der Waals surface area (Å²) >= 11 is 0. The molecule has 5 nitrogen and oxygen atoms in total. The van der Waals surface area contributed by atoms with Crippen molar-refractivity contribution in [1.82, 2.24) is 4.72 Å². The zero-order valence-corrected chi connectivity index (χ0v) is 18.5. The maximum Gasteiger partial charge on any atom is 0.212 e. The van der Waals surface area contributed by atoms with Gasteiger partial charge in [0.1, 0.15) is 0 Å². The molecule has 0 amide bonds. The Labute approximate surface area is 179 Å². The Bertz CT molecular complexity index is 978. The number of sulfonamides is 1. The van der Waals surface area contributed by atoms with Gasteiger partial charge in [-0.25, -0.2) is 13.1 Å². The van der Waals surface area contributed by atoms with Gasteiger partial charge in [-0.3, -0.25) is 0 Å². The molecule has 2 aliphatic carbocycles. The normalized spacial score (nSPS) is 29.6. The van der Waals surface area contributed by atoms with Gasteiger partial charge in [0.2, 0.25) is 10.0 Å². The number of nitrogens with one attached hydrogen (secondary N) is 1. The van der Waals surface area contributed by atoms with Gasteiger partial charge < -0.3 is 10.8 Å². The molecule has 2 bridgehead atoms. The Hall–Kier alpha value is -1.73. The quantitative estimate of drug-likeness (QED) is 0.629. The van der Waals surface area contributed by atoms with E-state index in [-0.39, 0.29) is 11.2 Å². The predicted molar refractivity (Wildman–Crippen MR) is 119 cm³/mol. The largest absolute Gasteiger partial charge is 0.392 e. The SMILES string of the molecule is CC1(C)C2CC[C@]1(CS(=O)(=O)N[C@@H](c1ccccc1)[C@@H](N)c1ccccc1)[C@@H](O)C2. The third kappa shape index (κ3) is 3.60. The highest BCUT2D eigenvalue weighted by molar-refractivity contribution is 7.89. The standard InChI is InChI=1S/C24H32N2O3S/c1-23(2)19-13-14-24(23,20(27)15-19)16-30(28,29)26-22(18-11-7-4-8-12-18)21(25)17-9-5-3-6-10-17/h3-12,19-22,26-27H,13-16,25H2,1-2H3/t19?,20-,21-,22-,24-/m0/s1. The van der Waals surface area contributed by atoms with Crippen molar-refractivity contribution < 1.29 is 13.5 Å². The average Bonchev–Trinajstić information content (AvgIpc) is 3.07. The molecule has 162 valence electrons. The molecule has 5 atom stereocenters. The number of rotatable bonds is 7. The number of nitrogens with two attached hydrogens (primary N) is 1. The molecule has 0 spiro atoms. The van der Waals surface area contributed by atoms with E-state index in [2.05, 4.69) is 18.6 Å². The highest BCUT2D eigenvalue weighted by Gasteiger charge is 2.65. The lowest BCUT2D eigenvalue weighted by atomic mass is 9.70. The summed E-state index contributed by atoms with van der Waals surface area (Å²) in [6, 6.07) is 17.9. The minimum atomic E-state index is -3.70. The van der Waals surface area contributed by atoms with E-state index >= 15 is 0 Å². The van der Waals surface area contributed by atoms with Crippen molar-refractivity contribution in [2.24, 2.45) is 22.5 Å². The summed E-state index contributed by atoms with van der Waals surface area (Å²) in [5.41, 5.74) is 7.45. The smallest absolute Gasteiger partial charge is 0.212 e. The van der Waals surface area contributed by atoms with Crippen LogP contribution in [-0.2, 0) is 10.0 Å². The van der Waals surface area contributed by atoms with Crippen molar-refractivity contribution in [3.8, 4) is 0 Å². The molecule has 2 aliphatic rings. The summed E-state index contributed by atoms with van der Waals surface area (Å²) in [6.45, 7) is 4.22. The number of benzene rings is 2. The van der Waals surface area contributed by atoms with Crippen LogP contribution in [0, 0.1) is 16.7 Å². The molecule has 0 radical (unpaired) electrons. The molecule has 2 saturated carbocycles. The van der Waals surface area contributed by atoms with E-state index in [1.54, 1.807) is 0 Å². The molecule has 4 N–H and O–H groups in total. The van der Waals surface area contributed by atoms with Gasteiger partial charge in [0, 0.05) is 5.41 Å². The first kappa shape index (κ1) is 21.5. The van der Waals surface area contributed by atoms with E-state index in [1.165, 1.54) is 0 Å². The first-order chi connectivity index (χ1) is 14.2. The van der Waals surface area contributed by atoms with Crippen molar-refractivity contribution in [2.45, 2.75) is 51.3 Å². The second kappa shape index (κ2) is 7.75. The van der Waals surface area contributed by atoms with Crippen molar-refractivity contribution in [3.63, 3.8) is 0 Å². The van der Waals surface area contributed by atoms with E-state index in [4.69, 9.17) is 5.73 Å². The Kier molecular flexibility index (Phi) is 5.56. The van der Waals surface area contributed by atoms with E-state index in [0.29, 0.717) is 12.3 Å². The molecule has 2 aromatic rings. The Morgan fingerprint density at radius 3 is 2.13 bits per heavy atom. The second-order valence-corrected chi connectivity index (χ2v) is 11.3. The van der Waals surface area contributed by atoms with Crippen LogP contribution in [0.25, 0.3) is 0 Å². The van der Waals surface area contributed by atoms with E-state index in [0.717, 1.165) is 24.0 Å². The first-order valence-electron chi connectivity index (χ1n) is 10.7. The van der Waals surface area contributed by atoms with E-state index in [9.17, 15) is 13.5 Å². The van der Waals surface area contributed by atoms with Crippen LogP contribution < -0.4 is 10.5 Å². The monoisotopic (exact) mass is 428 g/mol. The van der Waals surface area contributed by atoms with E-state index < -0.39 is 33.6 Å². The van der Waals surface area contributed by atoms with Crippen LogP contribution in [-0.4, -0.2) is 25.4 Å². The molecule has 6 heteroatoms. The molecular weight excluding hydrogens is 396 g/mol. The maximum absolute atomic E-state index is 13.4. The van der Waals surface area contributed by atoms with Crippen molar-refractivity contribution in [1.29, 1.82) is 0 Å². The topological polar surface area (TPSA) is 92.4 Å². The van der Waals surface area contributed by atoms with Gasteiger partial charge in [-0.2, -0.15) is 0 Å². The fourth-order valence-corrected chi connectivity index (χ4v) is 7.97. The van der Waals surface area contributed by atoms with Crippen LogP contribution in [0.2, 0.25) is 0 Å². The van der Waals surface area contributed by atoms with Crippen molar-refractivity contribution in [2.75, 3.05) is 5.75 Å². The Morgan fingerprint density at radius 2 is 1.63 bits per heavy atom. The minimum Gasteiger partial charge on any atom is -0.392 e. The summed E-state index contributed by atoms with van der Waals surface area (Å²) in [5, 5.41) is 10.8. The molecule has 2 aromatic carbocycles. The lowest BCUT2D eigenvalue weighted by Gasteiger charge is -2.40. The number of fused-ring (bicyclic) bond motifs is 2. The molecule has 4 rings (SSSR count). The zero-order chi connectivity index (χ0) is 21.6. The lowest BCUT2D eigenvalue weighted by molar-refractivity contribution is 0.0151. The van der Waals surface area contributed by atoms with Crippen LogP contribution in [0.1, 0.15) is 56.3 Å². The Morgan fingerprint density at radius 1 is 1.07 bits per heavy atom. The lowest BCUT2D eigenvalue weighted by Crippen LogP contribution is -2.48. The number of hydrogen-bond donors (Lipinski definition) is 3. The van der Waals surface area contributed by atoms with Crippen LogP contribution in [0.15, 0.2) is 60.7 Å². The number of aliphatic hydroxyl groups excluding tert-OH is 1. The maximum atomic E-state index is 13.4. The Balaban J connectivity index is 1.64. The molecule has 30 heavy (non-hydrogen) atoms. The second-order valence-electron chi connectivity index (χ2n) is 9.57. The third-order valence-electron chi connectivity index (χ3n) is 7.84. The molecule has 0 aromatic heterocycles. The fourth-order valence-electron chi connectivity index (χ4n) is 5.83. The van der Waals surface area contributed by atoms with Crippen LogP contribution in [0.5, 0.6) is 0 Å². The zero-order valence-electron chi connectivity index (χ0n) is 17.7. The highest BCUT2D eigenvalue weighted by Crippen LogP contribution is 2.66. The van der Waals surface area contributed by atoms with Gasteiger partial charge in [0.15, 0.2) is 0 Å². The molecule has 1 unspecified atom stereocenters. The van der Waals surface area contributed by atoms with Crippen molar-refractivity contribution >= 4 is 10.0 Å². The van der Waals surface area contributed by atoms with Gasteiger partial charge >= 0.3 is 0 Å². The first-order valence-corrected chi connectivity index (χ1v) is 12.3. The van der Waals surface area contributed by atoms with Crippen LogP contribution in [0.4, 0.5) is 0 Å². The highest BCUT2D eigenvalue weighted by atomic mass is 32.2. The number of hydrogen-bond acceptors (Lipinski definition) is 4. The third-order valence-corrected chi connectivity index (χ3v) is 9.35. The summed E-state index contributed by atoms with van der Waals surface area (Å²) in [5.74, 6) is 0.300. The fraction of sp³-hybridized carbons (Fsp3) is 0.500.